The van der Waals surface area contributed by atoms with Gasteiger partial charge in [-0.3, -0.25) is 0 Å². The third kappa shape index (κ3) is 3.10. The van der Waals surface area contributed by atoms with Crippen LogP contribution in [0.5, 0.6) is 0 Å². The molecule has 0 spiro atoms. The van der Waals surface area contributed by atoms with E-state index in [1.807, 2.05) is 0 Å². The van der Waals surface area contributed by atoms with Crippen molar-refractivity contribution in [1.29, 1.82) is 0 Å². The van der Waals surface area contributed by atoms with E-state index in [0.717, 1.165) is 6.07 Å². The van der Waals surface area contributed by atoms with Crippen LogP contribution >= 0.6 is 0 Å². The number of nitrogens with one attached hydrogen (secondary N) is 1. The molecular weight excluding hydrogens is 270 g/mol. The van der Waals surface area contributed by atoms with E-state index >= 15 is 0 Å². The Bertz CT molecular complexity index is 613. The van der Waals surface area contributed by atoms with Gasteiger partial charge in [0.25, 0.3) is 0 Å². The Morgan fingerprint density at radius 2 is 1.75 bits per heavy atom. The molecule has 0 aliphatic carbocycles. The van der Waals surface area contributed by atoms with Gasteiger partial charge >= 0.3 is 0 Å². The highest BCUT2D eigenvalue weighted by Crippen LogP contribution is 2.26. The Kier molecular flexibility index (Phi) is 4.27. The molecular formula is C15H13F4N. The summed E-state index contributed by atoms with van der Waals surface area (Å²) in [5.41, 5.74) is 0.301. The lowest BCUT2D eigenvalue weighted by Gasteiger charge is -2.19. The zero-order valence-corrected chi connectivity index (χ0v) is 10.8. The van der Waals surface area contributed by atoms with Crippen molar-refractivity contribution in [3.63, 3.8) is 0 Å². The van der Waals surface area contributed by atoms with Gasteiger partial charge in [-0.05, 0) is 24.1 Å². The number of benzene rings is 2. The second-order valence-electron chi connectivity index (χ2n) is 4.41. The molecule has 2 rings (SSSR count). The van der Waals surface area contributed by atoms with Crippen LogP contribution in [0.4, 0.5) is 23.2 Å². The quantitative estimate of drug-likeness (QED) is 0.627. The summed E-state index contributed by atoms with van der Waals surface area (Å²) in [5, 5.41) is 2.70. The van der Waals surface area contributed by atoms with Gasteiger partial charge in [0.1, 0.15) is 11.6 Å². The van der Waals surface area contributed by atoms with Crippen LogP contribution in [0.2, 0.25) is 0 Å². The minimum absolute atomic E-state index is 0.279. The largest absolute Gasteiger partial charge is 0.376 e. The smallest absolute Gasteiger partial charge is 0.182 e. The maximum absolute atomic E-state index is 13.6. The van der Waals surface area contributed by atoms with E-state index in [-0.39, 0.29) is 5.69 Å². The fourth-order valence-electron chi connectivity index (χ4n) is 1.99. The van der Waals surface area contributed by atoms with Gasteiger partial charge in [-0.1, -0.05) is 19.1 Å². The molecule has 5 heteroatoms. The monoisotopic (exact) mass is 283 g/mol. The molecule has 0 aromatic heterocycles. The van der Waals surface area contributed by atoms with Crippen molar-refractivity contribution in [2.24, 2.45) is 0 Å². The van der Waals surface area contributed by atoms with Crippen LogP contribution in [0, 0.1) is 23.3 Å². The summed E-state index contributed by atoms with van der Waals surface area (Å²) in [6.45, 7) is 1.80. The second kappa shape index (κ2) is 5.94. The molecule has 0 fully saturated rings. The number of halogens is 4. The SMILES string of the molecule is CCC(Nc1cc(F)cc(F)c1F)c1cccc(F)c1. The Morgan fingerprint density at radius 1 is 1.00 bits per heavy atom. The average Bonchev–Trinajstić information content (AvgIpc) is 2.41. The van der Waals surface area contributed by atoms with Crippen molar-refractivity contribution < 1.29 is 17.6 Å². The molecule has 0 aliphatic heterocycles. The first-order chi connectivity index (χ1) is 9.51. The Balaban J connectivity index is 2.31. The minimum atomic E-state index is -1.26. The van der Waals surface area contributed by atoms with Crippen LogP contribution < -0.4 is 5.32 Å². The highest BCUT2D eigenvalue weighted by molar-refractivity contribution is 5.47. The lowest BCUT2D eigenvalue weighted by Crippen LogP contribution is -2.12. The van der Waals surface area contributed by atoms with Crippen LogP contribution in [0.1, 0.15) is 24.9 Å². The number of anilines is 1. The van der Waals surface area contributed by atoms with Gasteiger partial charge in [0.2, 0.25) is 0 Å². The highest BCUT2D eigenvalue weighted by Gasteiger charge is 2.16. The van der Waals surface area contributed by atoms with Gasteiger partial charge in [-0.25, -0.2) is 17.6 Å². The lowest BCUT2D eigenvalue weighted by atomic mass is 10.0. The maximum atomic E-state index is 13.6. The standard InChI is InChI=1S/C15H13F4N/c1-2-13(9-4-3-5-10(16)6-9)20-14-8-11(17)7-12(18)15(14)19/h3-8,13,20H,2H2,1H3. The molecule has 0 saturated carbocycles. The first kappa shape index (κ1) is 14.4. The summed E-state index contributed by atoms with van der Waals surface area (Å²) in [5.74, 6) is -3.71. The molecule has 1 nitrogen and oxygen atoms in total. The first-order valence-electron chi connectivity index (χ1n) is 6.17. The normalized spacial score (nSPS) is 12.2. The van der Waals surface area contributed by atoms with E-state index in [2.05, 4.69) is 5.32 Å². The lowest BCUT2D eigenvalue weighted by molar-refractivity contribution is 0.496. The first-order valence-corrected chi connectivity index (χ1v) is 6.17. The zero-order chi connectivity index (χ0) is 14.7. The summed E-state index contributed by atoms with van der Waals surface area (Å²) in [6.07, 6.45) is 0.501. The van der Waals surface area contributed by atoms with E-state index in [1.54, 1.807) is 13.0 Å². The third-order valence-electron chi connectivity index (χ3n) is 2.98. The highest BCUT2D eigenvalue weighted by atomic mass is 19.2. The van der Waals surface area contributed by atoms with Crippen molar-refractivity contribution in [3.05, 3.63) is 65.2 Å². The van der Waals surface area contributed by atoms with Gasteiger partial charge in [0.15, 0.2) is 11.6 Å². The molecule has 0 amide bonds. The zero-order valence-electron chi connectivity index (χ0n) is 10.8. The topological polar surface area (TPSA) is 12.0 Å². The van der Waals surface area contributed by atoms with Crippen molar-refractivity contribution in [3.8, 4) is 0 Å². The second-order valence-corrected chi connectivity index (χ2v) is 4.41. The molecule has 2 aromatic carbocycles. The third-order valence-corrected chi connectivity index (χ3v) is 2.98. The molecule has 0 saturated heterocycles. The number of hydrogen-bond acceptors (Lipinski definition) is 1. The summed E-state index contributed by atoms with van der Waals surface area (Å²) in [4.78, 5) is 0. The summed E-state index contributed by atoms with van der Waals surface area (Å²) >= 11 is 0. The average molecular weight is 283 g/mol. The predicted molar refractivity (Wildman–Crippen MR) is 69.4 cm³/mol. The van der Waals surface area contributed by atoms with E-state index in [9.17, 15) is 17.6 Å². The minimum Gasteiger partial charge on any atom is -0.376 e. The fraction of sp³-hybridized carbons (Fsp3) is 0.200. The van der Waals surface area contributed by atoms with Crippen LogP contribution in [-0.4, -0.2) is 0 Å². The van der Waals surface area contributed by atoms with E-state index in [4.69, 9.17) is 0 Å². The van der Waals surface area contributed by atoms with Crippen LogP contribution in [0.15, 0.2) is 36.4 Å². The maximum Gasteiger partial charge on any atom is 0.182 e. The summed E-state index contributed by atoms with van der Waals surface area (Å²) < 4.78 is 53.1. The van der Waals surface area contributed by atoms with Crippen LogP contribution in [-0.2, 0) is 0 Å². The number of hydrogen-bond donors (Lipinski definition) is 1. The van der Waals surface area contributed by atoms with Crippen LogP contribution in [0.3, 0.4) is 0 Å². The van der Waals surface area contributed by atoms with Crippen molar-refractivity contribution in [2.75, 3.05) is 5.32 Å². The molecule has 20 heavy (non-hydrogen) atoms. The van der Waals surface area contributed by atoms with Crippen molar-refractivity contribution >= 4 is 5.69 Å². The molecule has 1 N–H and O–H groups in total. The molecule has 0 heterocycles. The summed E-state index contributed by atoms with van der Waals surface area (Å²) in [7, 11) is 0. The predicted octanol–water partition coefficient (Wildman–Crippen LogP) is 4.81. The van der Waals surface area contributed by atoms with E-state index < -0.39 is 29.3 Å². The van der Waals surface area contributed by atoms with E-state index in [1.165, 1.54) is 18.2 Å². The Morgan fingerprint density at radius 3 is 2.40 bits per heavy atom. The fourth-order valence-corrected chi connectivity index (χ4v) is 1.99. The van der Waals surface area contributed by atoms with E-state index in [0.29, 0.717) is 18.1 Å². The molecule has 0 bridgehead atoms. The molecule has 106 valence electrons. The molecule has 2 aromatic rings. The summed E-state index contributed by atoms with van der Waals surface area (Å²) in [6, 6.07) is 6.69. The van der Waals surface area contributed by atoms with Gasteiger partial charge in [0.05, 0.1) is 11.7 Å². The molecule has 0 aliphatic rings. The van der Waals surface area contributed by atoms with Crippen molar-refractivity contribution in [1.82, 2.24) is 0 Å². The molecule has 0 radical (unpaired) electrons. The van der Waals surface area contributed by atoms with Gasteiger partial charge in [-0.2, -0.15) is 0 Å². The molecule has 1 atom stereocenters. The molecule has 1 unspecified atom stereocenters. The Labute approximate surface area is 114 Å². The number of rotatable bonds is 4. The van der Waals surface area contributed by atoms with Crippen molar-refractivity contribution in [2.45, 2.75) is 19.4 Å². The van der Waals surface area contributed by atoms with Gasteiger partial charge < -0.3 is 5.32 Å². The Hall–Kier alpha value is -2.04. The van der Waals surface area contributed by atoms with Gasteiger partial charge in [0, 0.05) is 12.1 Å². The van der Waals surface area contributed by atoms with Gasteiger partial charge in [-0.15, -0.1) is 0 Å². The van der Waals surface area contributed by atoms with Crippen LogP contribution in [0.25, 0.3) is 0 Å².